The Kier molecular flexibility index (Phi) is 3.66. The molecule has 94 valence electrons. The standard InChI is InChI=1S/C11H16N2O3S/c1-2-13-17(14,15)16-11-4-3-9-5-6-12-8-10(9)7-11/h3-4,7,12-13H,2,5-6,8H2,1H3. The third kappa shape index (κ3) is 3.18. The van der Waals surface area contributed by atoms with Crippen molar-refractivity contribution < 1.29 is 12.6 Å². The second-order valence-corrected chi connectivity index (χ2v) is 5.26. The summed E-state index contributed by atoms with van der Waals surface area (Å²) in [7, 11) is -3.68. The molecule has 1 aromatic carbocycles. The molecule has 0 amide bonds. The Morgan fingerprint density at radius 1 is 1.41 bits per heavy atom. The quantitative estimate of drug-likeness (QED) is 0.826. The number of hydrogen-bond donors (Lipinski definition) is 2. The molecule has 1 heterocycles. The van der Waals surface area contributed by atoms with E-state index in [-0.39, 0.29) is 0 Å². The molecular formula is C11H16N2O3S. The fourth-order valence-corrected chi connectivity index (χ4v) is 2.61. The highest BCUT2D eigenvalue weighted by Crippen LogP contribution is 2.21. The van der Waals surface area contributed by atoms with E-state index < -0.39 is 10.3 Å². The zero-order valence-electron chi connectivity index (χ0n) is 9.69. The average Bonchev–Trinajstić information content (AvgIpc) is 2.28. The molecule has 0 fully saturated rings. The van der Waals surface area contributed by atoms with Gasteiger partial charge in [0.15, 0.2) is 0 Å². The summed E-state index contributed by atoms with van der Waals surface area (Å²) in [5.74, 6) is 0.355. The molecule has 1 aliphatic rings. The number of fused-ring (bicyclic) bond motifs is 1. The van der Waals surface area contributed by atoms with Crippen molar-refractivity contribution in [2.24, 2.45) is 0 Å². The number of benzene rings is 1. The molecule has 2 rings (SSSR count). The molecule has 1 aromatic rings. The molecule has 17 heavy (non-hydrogen) atoms. The van der Waals surface area contributed by atoms with E-state index in [2.05, 4.69) is 10.0 Å². The summed E-state index contributed by atoms with van der Waals surface area (Å²) in [6.45, 7) is 3.74. The summed E-state index contributed by atoms with van der Waals surface area (Å²) in [5.41, 5.74) is 2.34. The SMILES string of the molecule is CCNS(=O)(=O)Oc1ccc2c(c1)CNCC2. The van der Waals surface area contributed by atoms with E-state index >= 15 is 0 Å². The zero-order valence-corrected chi connectivity index (χ0v) is 10.5. The largest absolute Gasteiger partial charge is 0.382 e. The molecule has 0 bridgehead atoms. The van der Waals surface area contributed by atoms with Crippen LogP contribution in [-0.2, 0) is 23.3 Å². The van der Waals surface area contributed by atoms with Gasteiger partial charge < -0.3 is 9.50 Å². The number of nitrogens with one attached hydrogen (secondary N) is 2. The molecule has 2 N–H and O–H groups in total. The van der Waals surface area contributed by atoms with Crippen LogP contribution in [0, 0.1) is 0 Å². The summed E-state index contributed by atoms with van der Waals surface area (Å²) in [5, 5.41) is 3.24. The molecule has 6 heteroatoms. The van der Waals surface area contributed by atoms with Crippen molar-refractivity contribution in [1.82, 2.24) is 10.0 Å². The van der Waals surface area contributed by atoms with Crippen LogP contribution in [0.2, 0.25) is 0 Å². The van der Waals surface area contributed by atoms with Crippen LogP contribution in [0.3, 0.4) is 0 Å². The maximum absolute atomic E-state index is 11.4. The normalized spacial score (nSPS) is 15.4. The summed E-state index contributed by atoms with van der Waals surface area (Å²) in [6.07, 6.45) is 0.968. The third-order valence-corrected chi connectivity index (χ3v) is 3.65. The minimum absolute atomic E-state index is 0.314. The lowest BCUT2D eigenvalue weighted by atomic mass is 10.0. The van der Waals surface area contributed by atoms with Crippen LogP contribution in [0.15, 0.2) is 18.2 Å². The van der Waals surface area contributed by atoms with Gasteiger partial charge in [0.2, 0.25) is 0 Å². The van der Waals surface area contributed by atoms with Crippen molar-refractivity contribution >= 4 is 10.3 Å². The molecule has 0 aliphatic carbocycles. The molecule has 5 nitrogen and oxygen atoms in total. The third-order valence-electron chi connectivity index (χ3n) is 2.59. The minimum Gasteiger partial charge on any atom is -0.371 e. The van der Waals surface area contributed by atoms with Crippen molar-refractivity contribution in [1.29, 1.82) is 0 Å². The van der Waals surface area contributed by atoms with Crippen LogP contribution in [0.1, 0.15) is 18.1 Å². The second kappa shape index (κ2) is 5.03. The fourth-order valence-electron chi connectivity index (χ4n) is 1.84. The summed E-state index contributed by atoms with van der Waals surface area (Å²) < 4.78 is 30.1. The van der Waals surface area contributed by atoms with E-state index in [0.717, 1.165) is 25.1 Å². The van der Waals surface area contributed by atoms with Crippen molar-refractivity contribution in [2.75, 3.05) is 13.1 Å². The Morgan fingerprint density at radius 2 is 2.24 bits per heavy atom. The smallest absolute Gasteiger partial charge is 0.371 e. The van der Waals surface area contributed by atoms with Gasteiger partial charge in [-0.05, 0) is 36.2 Å². The second-order valence-electron chi connectivity index (χ2n) is 3.89. The number of hydrogen-bond acceptors (Lipinski definition) is 4. The Morgan fingerprint density at radius 3 is 3.00 bits per heavy atom. The van der Waals surface area contributed by atoms with Gasteiger partial charge in [0.1, 0.15) is 5.75 Å². The zero-order chi connectivity index (χ0) is 12.3. The highest BCUT2D eigenvalue weighted by molar-refractivity contribution is 7.85. The Balaban J connectivity index is 2.17. The molecule has 0 aromatic heterocycles. The predicted molar refractivity (Wildman–Crippen MR) is 65.1 cm³/mol. The van der Waals surface area contributed by atoms with Gasteiger partial charge >= 0.3 is 10.3 Å². The first kappa shape index (κ1) is 12.3. The molecular weight excluding hydrogens is 240 g/mol. The molecule has 0 saturated carbocycles. The summed E-state index contributed by atoms with van der Waals surface area (Å²) >= 11 is 0. The first-order valence-corrected chi connectivity index (χ1v) is 7.03. The van der Waals surface area contributed by atoms with Gasteiger partial charge in [0.25, 0.3) is 0 Å². The van der Waals surface area contributed by atoms with Crippen LogP contribution in [-0.4, -0.2) is 21.5 Å². The van der Waals surface area contributed by atoms with Crippen molar-refractivity contribution in [2.45, 2.75) is 19.9 Å². The van der Waals surface area contributed by atoms with Crippen LogP contribution in [0.5, 0.6) is 5.75 Å². The van der Waals surface area contributed by atoms with E-state index in [0.29, 0.717) is 12.3 Å². The fraction of sp³-hybridized carbons (Fsp3) is 0.455. The average molecular weight is 256 g/mol. The molecule has 1 aliphatic heterocycles. The summed E-state index contributed by atoms with van der Waals surface area (Å²) in [4.78, 5) is 0. The maximum Gasteiger partial charge on any atom is 0.382 e. The van der Waals surface area contributed by atoms with Crippen molar-refractivity contribution in [3.05, 3.63) is 29.3 Å². The molecule has 0 atom stereocenters. The van der Waals surface area contributed by atoms with Crippen LogP contribution in [0.4, 0.5) is 0 Å². The highest BCUT2D eigenvalue weighted by Gasteiger charge is 2.13. The van der Waals surface area contributed by atoms with Gasteiger partial charge in [0, 0.05) is 13.1 Å². The van der Waals surface area contributed by atoms with Crippen LogP contribution < -0.4 is 14.2 Å². The van der Waals surface area contributed by atoms with Crippen LogP contribution in [0.25, 0.3) is 0 Å². The first-order chi connectivity index (χ1) is 8.11. The lowest BCUT2D eigenvalue weighted by Gasteiger charge is -2.17. The first-order valence-electron chi connectivity index (χ1n) is 5.62. The lowest BCUT2D eigenvalue weighted by Crippen LogP contribution is -2.28. The number of rotatable bonds is 4. The van der Waals surface area contributed by atoms with E-state index in [1.54, 1.807) is 19.1 Å². The molecule has 0 unspecified atom stereocenters. The Bertz CT molecular complexity index is 499. The Hall–Kier alpha value is -1.11. The molecule has 0 saturated heterocycles. The van der Waals surface area contributed by atoms with Crippen molar-refractivity contribution in [3.63, 3.8) is 0 Å². The van der Waals surface area contributed by atoms with Gasteiger partial charge in [-0.15, -0.1) is 0 Å². The van der Waals surface area contributed by atoms with E-state index in [1.807, 2.05) is 6.07 Å². The minimum atomic E-state index is -3.68. The van der Waals surface area contributed by atoms with Crippen LogP contribution >= 0.6 is 0 Å². The van der Waals surface area contributed by atoms with E-state index in [4.69, 9.17) is 4.18 Å². The Labute approximate surface area is 101 Å². The summed E-state index contributed by atoms with van der Waals surface area (Å²) in [6, 6.07) is 5.39. The van der Waals surface area contributed by atoms with Gasteiger partial charge in [-0.25, -0.2) is 0 Å². The van der Waals surface area contributed by atoms with Crippen molar-refractivity contribution in [3.8, 4) is 5.75 Å². The monoisotopic (exact) mass is 256 g/mol. The topological polar surface area (TPSA) is 67.4 Å². The van der Waals surface area contributed by atoms with E-state index in [1.165, 1.54) is 5.56 Å². The molecule has 0 radical (unpaired) electrons. The highest BCUT2D eigenvalue weighted by atomic mass is 32.2. The van der Waals surface area contributed by atoms with Gasteiger partial charge in [-0.2, -0.15) is 13.1 Å². The molecule has 0 spiro atoms. The van der Waals surface area contributed by atoms with Gasteiger partial charge in [0.05, 0.1) is 0 Å². The predicted octanol–water partition coefficient (Wildman–Crippen LogP) is 0.565. The van der Waals surface area contributed by atoms with Gasteiger partial charge in [-0.3, -0.25) is 0 Å². The van der Waals surface area contributed by atoms with E-state index in [9.17, 15) is 8.42 Å². The maximum atomic E-state index is 11.4. The van der Waals surface area contributed by atoms with Gasteiger partial charge in [-0.1, -0.05) is 13.0 Å². The lowest BCUT2D eigenvalue weighted by molar-refractivity contribution is 0.472.